The van der Waals surface area contributed by atoms with E-state index in [-0.39, 0.29) is 17.0 Å². The summed E-state index contributed by atoms with van der Waals surface area (Å²) < 4.78 is 3.75. The summed E-state index contributed by atoms with van der Waals surface area (Å²) in [7, 11) is 1.94. The van der Waals surface area contributed by atoms with Gasteiger partial charge in [-0.3, -0.25) is 14.4 Å². The average molecular weight is 466 g/mol. The van der Waals surface area contributed by atoms with E-state index < -0.39 is 17.2 Å². The number of pyridine rings is 1. The zero-order valence-corrected chi connectivity index (χ0v) is 20.7. The average Bonchev–Trinajstić information content (AvgIpc) is 3.09. The number of rotatable bonds is 10. The van der Waals surface area contributed by atoms with E-state index in [1.165, 1.54) is 6.20 Å². The molecule has 2 N–H and O–H groups in total. The van der Waals surface area contributed by atoms with E-state index in [0.717, 1.165) is 23.3 Å². The van der Waals surface area contributed by atoms with Gasteiger partial charge in [0.05, 0.1) is 11.0 Å². The van der Waals surface area contributed by atoms with Crippen molar-refractivity contribution in [2.75, 3.05) is 13.1 Å². The third-order valence-electron chi connectivity index (χ3n) is 5.67. The number of benzene rings is 1. The number of para-hydroxylation sites is 2. The zero-order valence-electron chi connectivity index (χ0n) is 20.7. The third kappa shape index (κ3) is 6.12. The number of amides is 2. The smallest absolute Gasteiger partial charge is 0.256 e. The molecule has 0 fully saturated rings. The molecule has 2 amide bonds. The maximum Gasteiger partial charge on any atom is 0.256 e. The lowest BCUT2D eigenvalue weighted by Crippen LogP contribution is -2.36. The molecule has 0 saturated heterocycles. The second-order valence-corrected chi connectivity index (χ2v) is 9.53. The number of aromatic nitrogens is 3. The van der Waals surface area contributed by atoms with Gasteiger partial charge in [-0.1, -0.05) is 39.8 Å². The Hall–Kier alpha value is -3.42. The lowest BCUT2D eigenvalue weighted by atomic mass is 10.1. The Kier molecular flexibility index (Phi) is 8.26. The summed E-state index contributed by atoms with van der Waals surface area (Å²) in [5, 5.41) is 5.63. The summed E-state index contributed by atoms with van der Waals surface area (Å²) in [4.78, 5) is 43.3. The number of carbonyl (C=O) groups excluding carboxylic acids is 2. The van der Waals surface area contributed by atoms with E-state index in [4.69, 9.17) is 0 Å². The molecule has 0 spiro atoms. The third-order valence-corrected chi connectivity index (χ3v) is 5.67. The Balaban J connectivity index is 1.76. The highest BCUT2D eigenvalue weighted by atomic mass is 16.2. The van der Waals surface area contributed by atoms with Gasteiger partial charge in [0.25, 0.3) is 11.8 Å². The first-order valence-electron chi connectivity index (χ1n) is 11.9. The molecule has 0 atom stereocenters. The number of carbonyl (C=O) groups is 2. The number of nitrogens with one attached hydrogen (secondary N) is 2. The number of fused-ring (bicyclic) bond motifs is 1. The topological polar surface area (TPSA) is 98.0 Å². The zero-order chi connectivity index (χ0) is 24.8. The Morgan fingerprint density at radius 2 is 1.56 bits per heavy atom. The van der Waals surface area contributed by atoms with Gasteiger partial charge in [-0.2, -0.15) is 0 Å². The van der Waals surface area contributed by atoms with Gasteiger partial charge in [-0.15, -0.1) is 0 Å². The molecule has 0 saturated carbocycles. The maximum atomic E-state index is 13.0. The molecular formula is C26H35N5O3. The van der Waals surface area contributed by atoms with Gasteiger partial charge in [0.2, 0.25) is 5.43 Å². The van der Waals surface area contributed by atoms with Crippen LogP contribution in [0.1, 0.15) is 60.7 Å². The van der Waals surface area contributed by atoms with Crippen molar-refractivity contribution in [2.24, 2.45) is 18.9 Å². The number of hydrogen-bond donors (Lipinski definition) is 2. The van der Waals surface area contributed by atoms with Crippen LogP contribution in [0.15, 0.2) is 41.5 Å². The molecule has 0 aliphatic heterocycles. The fourth-order valence-electron chi connectivity index (χ4n) is 3.85. The van der Waals surface area contributed by atoms with E-state index >= 15 is 0 Å². The van der Waals surface area contributed by atoms with E-state index in [0.29, 0.717) is 32.0 Å². The summed E-state index contributed by atoms with van der Waals surface area (Å²) in [6, 6.07) is 7.85. The minimum absolute atomic E-state index is 0.00703. The van der Waals surface area contributed by atoms with Crippen LogP contribution in [0.25, 0.3) is 11.0 Å². The summed E-state index contributed by atoms with van der Waals surface area (Å²) in [5.74, 6) is 0.631. The molecule has 8 nitrogen and oxygen atoms in total. The molecule has 0 aliphatic rings. The molecule has 3 rings (SSSR count). The first-order valence-corrected chi connectivity index (χ1v) is 11.9. The van der Waals surface area contributed by atoms with Gasteiger partial charge >= 0.3 is 0 Å². The lowest BCUT2D eigenvalue weighted by Gasteiger charge is -2.14. The summed E-state index contributed by atoms with van der Waals surface area (Å²) in [6.07, 6.45) is 4.42. The molecule has 1 aromatic carbocycles. The monoisotopic (exact) mass is 465 g/mol. The van der Waals surface area contributed by atoms with Gasteiger partial charge in [-0.25, -0.2) is 4.98 Å². The fraction of sp³-hybridized carbons (Fsp3) is 0.462. The largest absolute Gasteiger partial charge is 0.352 e. The van der Waals surface area contributed by atoms with Crippen LogP contribution in [-0.2, 0) is 20.0 Å². The first kappa shape index (κ1) is 25.2. The van der Waals surface area contributed by atoms with Crippen molar-refractivity contribution in [1.82, 2.24) is 24.8 Å². The van der Waals surface area contributed by atoms with Gasteiger partial charge in [0.15, 0.2) is 0 Å². The van der Waals surface area contributed by atoms with Crippen LogP contribution < -0.4 is 16.1 Å². The Bertz CT molecular complexity index is 1220. The maximum absolute atomic E-state index is 13.0. The molecule has 3 aromatic rings. The van der Waals surface area contributed by atoms with Crippen LogP contribution in [0.3, 0.4) is 0 Å². The Morgan fingerprint density at radius 3 is 2.15 bits per heavy atom. The number of nitrogens with zero attached hydrogens (tertiary/aromatic N) is 3. The molecule has 0 radical (unpaired) electrons. The first-order chi connectivity index (χ1) is 16.2. The lowest BCUT2D eigenvalue weighted by molar-refractivity contribution is 0.0949. The summed E-state index contributed by atoms with van der Waals surface area (Å²) in [5.41, 5.74) is 1.34. The molecule has 2 aromatic heterocycles. The van der Waals surface area contributed by atoms with Crippen LogP contribution >= 0.6 is 0 Å². The highest BCUT2D eigenvalue weighted by Gasteiger charge is 2.20. The standard InChI is InChI=1S/C26H35N5O3/c1-17(2)10-12-27-25(33)19-15-31(14-18(3)4)16-20(24(19)32)26(34)28-13-11-23-29-21-8-6-7-9-22(21)30(23)5/h6-9,15-18H,10-14H2,1-5H3,(H,27,33)(H,28,34). The Morgan fingerprint density at radius 1 is 0.941 bits per heavy atom. The van der Waals surface area contributed by atoms with E-state index in [1.807, 2.05) is 49.7 Å². The van der Waals surface area contributed by atoms with E-state index in [1.54, 1.807) is 10.8 Å². The summed E-state index contributed by atoms with van der Waals surface area (Å²) in [6.45, 7) is 9.61. The molecule has 0 bridgehead atoms. The summed E-state index contributed by atoms with van der Waals surface area (Å²) >= 11 is 0. The molecular weight excluding hydrogens is 430 g/mol. The normalized spacial score (nSPS) is 11.4. The second-order valence-electron chi connectivity index (χ2n) is 9.53. The van der Waals surface area contributed by atoms with Crippen molar-refractivity contribution in [2.45, 2.75) is 47.1 Å². The van der Waals surface area contributed by atoms with Crippen LogP contribution in [0, 0.1) is 11.8 Å². The SMILES string of the molecule is CC(C)CCNC(=O)c1cn(CC(C)C)cc(C(=O)NCCc2nc3ccccc3n2C)c1=O. The molecule has 34 heavy (non-hydrogen) atoms. The van der Waals surface area contributed by atoms with Crippen molar-refractivity contribution in [3.63, 3.8) is 0 Å². The molecule has 0 aliphatic carbocycles. The van der Waals surface area contributed by atoms with E-state index in [9.17, 15) is 14.4 Å². The second kappa shape index (κ2) is 11.1. The minimum Gasteiger partial charge on any atom is -0.352 e. The van der Waals surface area contributed by atoms with E-state index in [2.05, 4.69) is 29.5 Å². The minimum atomic E-state index is -0.553. The van der Waals surface area contributed by atoms with Crippen LogP contribution in [0.5, 0.6) is 0 Å². The van der Waals surface area contributed by atoms with Gasteiger partial charge in [-0.05, 0) is 30.4 Å². The van der Waals surface area contributed by atoms with Gasteiger partial charge in [0, 0.05) is 45.5 Å². The van der Waals surface area contributed by atoms with Crippen molar-refractivity contribution >= 4 is 22.8 Å². The highest BCUT2D eigenvalue weighted by molar-refractivity contribution is 5.99. The van der Waals surface area contributed by atoms with Crippen molar-refractivity contribution in [3.05, 3.63) is 63.8 Å². The number of aryl methyl sites for hydroxylation is 1. The van der Waals surface area contributed by atoms with Gasteiger partial charge in [0.1, 0.15) is 17.0 Å². The van der Waals surface area contributed by atoms with Crippen molar-refractivity contribution in [3.8, 4) is 0 Å². The molecule has 182 valence electrons. The predicted octanol–water partition coefficient (Wildman–Crippen LogP) is 3.14. The molecule has 8 heteroatoms. The van der Waals surface area contributed by atoms with Crippen molar-refractivity contribution < 1.29 is 9.59 Å². The quantitative estimate of drug-likeness (QED) is 0.481. The van der Waals surface area contributed by atoms with Crippen LogP contribution in [0.2, 0.25) is 0 Å². The van der Waals surface area contributed by atoms with Crippen LogP contribution in [-0.4, -0.2) is 39.0 Å². The van der Waals surface area contributed by atoms with Crippen LogP contribution in [0.4, 0.5) is 0 Å². The molecule has 2 heterocycles. The highest BCUT2D eigenvalue weighted by Crippen LogP contribution is 2.14. The Labute approximate surface area is 200 Å². The van der Waals surface area contributed by atoms with Crippen molar-refractivity contribution in [1.29, 1.82) is 0 Å². The fourth-order valence-corrected chi connectivity index (χ4v) is 3.85. The van der Waals surface area contributed by atoms with Gasteiger partial charge < -0.3 is 19.8 Å². The predicted molar refractivity (Wildman–Crippen MR) is 134 cm³/mol. The number of imidazole rings is 1. The molecule has 0 unspecified atom stereocenters. The number of hydrogen-bond acceptors (Lipinski definition) is 4.